The Kier molecular flexibility index (Phi) is 14.1. The molecule has 0 fully saturated rings. The first-order chi connectivity index (χ1) is 9.31. The van der Waals surface area contributed by atoms with Crippen LogP contribution < -0.4 is 0 Å². The molecule has 1 unspecified atom stereocenters. The molecule has 0 bridgehead atoms. The molecule has 1 nitrogen and oxygen atoms in total. The normalized spacial score (nSPS) is 14.5. The van der Waals surface area contributed by atoms with Crippen molar-refractivity contribution in [3.8, 4) is 0 Å². The molecule has 0 saturated heterocycles. The largest absolute Gasteiger partial charge is 0.389 e. The Morgan fingerprint density at radius 2 is 1.53 bits per heavy atom. The molecule has 0 aliphatic rings. The van der Waals surface area contributed by atoms with Gasteiger partial charge in [-0.2, -0.15) is 0 Å². The van der Waals surface area contributed by atoms with E-state index < -0.39 is 0 Å². The predicted octanol–water partition coefficient (Wildman–Crippen LogP) is 5.34. The zero-order chi connectivity index (χ0) is 14.2. The molecule has 0 aromatic carbocycles. The van der Waals surface area contributed by atoms with E-state index in [2.05, 4.69) is 37.3 Å². The van der Waals surface area contributed by atoms with Gasteiger partial charge in [0.1, 0.15) is 0 Å². The molecule has 0 aliphatic heterocycles. The van der Waals surface area contributed by atoms with Crippen molar-refractivity contribution >= 4 is 0 Å². The molecule has 19 heavy (non-hydrogen) atoms. The molecule has 0 rings (SSSR count). The average molecular weight is 262 g/mol. The summed E-state index contributed by atoms with van der Waals surface area (Å²) in [5.74, 6) is 0. The van der Waals surface area contributed by atoms with Crippen LogP contribution >= 0.6 is 0 Å². The highest BCUT2D eigenvalue weighted by atomic mass is 16.3. The van der Waals surface area contributed by atoms with Gasteiger partial charge in [0.05, 0.1) is 6.10 Å². The van der Waals surface area contributed by atoms with Crippen molar-refractivity contribution in [3.63, 3.8) is 0 Å². The topological polar surface area (TPSA) is 20.2 Å². The van der Waals surface area contributed by atoms with E-state index in [1.807, 2.05) is 25.2 Å². The lowest BCUT2D eigenvalue weighted by Gasteiger charge is -1.96. The van der Waals surface area contributed by atoms with Gasteiger partial charge in [-0.1, -0.05) is 75.3 Å². The van der Waals surface area contributed by atoms with Crippen molar-refractivity contribution < 1.29 is 5.11 Å². The van der Waals surface area contributed by atoms with Gasteiger partial charge < -0.3 is 5.11 Å². The number of allylic oxidation sites excluding steroid dienone is 7. The number of aliphatic hydroxyl groups is 1. The Balaban J connectivity index is 3.48. The van der Waals surface area contributed by atoms with Crippen LogP contribution in [-0.4, -0.2) is 11.2 Å². The molecule has 0 aromatic heterocycles. The Labute approximate surface area is 119 Å². The summed E-state index contributed by atoms with van der Waals surface area (Å²) >= 11 is 0. The van der Waals surface area contributed by atoms with Crippen LogP contribution in [-0.2, 0) is 0 Å². The van der Waals surface area contributed by atoms with E-state index in [1.165, 1.54) is 25.7 Å². The lowest BCUT2D eigenvalue weighted by Crippen LogP contribution is -1.97. The van der Waals surface area contributed by atoms with Crippen molar-refractivity contribution in [3.05, 3.63) is 48.6 Å². The van der Waals surface area contributed by atoms with Gasteiger partial charge in [0, 0.05) is 0 Å². The van der Waals surface area contributed by atoms with Crippen molar-refractivity contribution in [1.82, 2.24) is 0 Å². The lowest BCUT2D eigenvalue weighted by atomic mass is 10.2. The van der Waals surface area contributed by atoms with E-state index >= 15 is 0 Å². The summed E-state index contributed by atoms with van der Waals surface area (Å²) < 4.78 is 0. The Bertz CT molecular complexity index is 284. The molecule has 108 valence electrons. The third kappa shape index (κ3) is 14.9. The van der Waals surface area contributed by atoms with Gasteiger partial charge in [-0.3, -0.25) is 0 Å². The molecule has 0 aliphatic carbocycles. The second-order valence-corrected chi connectivity index (χ2v) is 4.70. The molecule has 0 amide bonds. The molecule has 0 saturated carbocycles. The van der Waals surface area contributed by atoms with E-state index in [0.717, 1.165) is 19.3 Å². The first-order valence-corrected chi connectivity index (χ1v) is 7.62. The highest BCUT2D eigenvalue weighted by Gasteiger charge is 1.88. The van der Waals surface area contributed by atoms with Crippen LogP contribution in [0.5, 0.6) is 0 Å². The molecule has 1 atom stereocenters. The first kappa shape index (κ1) is 17.9. The van der Waals surface area contributed by atoms with Crippen LogP contribution in [0.25, 0.3) is 0 Å². The van der Waals surface area contributed by atoms with Crippen LogP contribution in [0.15, 0.2) is 48.6 Å². The maximum Gasteiger partial charge on any atom is 0.0721 e. The number of unbranched alkanes of at least 4 members (excludes halogenated alkanes) is 3. The van der Waals surface area contributed by atoms with Gasteiger partial charge in [-0.15, -0.1) is 0 Å². The van der Waals surface area contributed by atoms with Gasteiger partial charge in [-0.25, -0.2) is 0 Å². The van der Waals surface area contributed by atoms with Crippen LogP contribution in [0.4, 0.5) is 0 Å². The second kappa shape index (κ2) is 15.0. The van der Waals surface area contributed by atoms with Crippen LogP contribution in [0.1, 0.15) is 58.8 Å². The molecule has 0 aromatic rings. The fourth-order valence-corrected chi connectivity index (χ4v) is 1.56. The molecular weight excluding hydrogens is 232 g/mol. The minimum Gasteiger partial charge on any atom is -0.389 e. The van der Waals surface area contributed by atoms with E-state index in [0.29, 0.717) is 0 Å². The number of hydrogen-bond donors (Lipinski definition) is 1. The second-order valence-electron chi connectivity index (χ2n) is 4.70. The number of rotatable bonds is 11. The summed E-state index contributed by atoms with van der Waals surface area (Å²) in [6.45, 7) is 4.20. The van der Waals surface area contributed by atoms with E-state index in [1.54, 1.807) is 0 Å². The monoisotopic (exact) mass is 262 g/mol. The molecule has 1 N–H and O–H groups in total. The lowest BCUT2D eigenvalue weighted by molar-refractivity contribution is 0.219. The summed E-state index contributed by atoms with van der Waals surface area (Å²) in [4.78, 5) is 0. The zero-order valence-electron chi connectivity index (χ0n) is 12.6. The first-order valence-electron chi connectivity index (χ1n) is 7.62. The fourth-order valence-electron chi connectivity index (χ4n) is 1.56. The van der Waals surface area contributed by atoms with E-state index in [9.17, 15) is 5.11 Å². The Hall–Kier alpha value is -1.08. The third-order valence-corrected chi connectivity index (χ3v) is 2.85. The van der Waals surface area contributed by atoms with Crippen LogP contribution in [0, 0.1) is 0 Å². The standard InChI is InChI=1S/C18H30O/c1-3-5-6-7-8-9-10-11-12-13-14-15-16-17-18(19)4-2/h8-9,11-12,14-19H,3-7,10,13H2,1-2H3/b9-8-,12-11-,15-14-,17-16+. The van der Waals surface area contributed by atoms with Crippen molar-refractivity contribution in [1.29, 1.82) is 0 Å². The highest BCUT2D eigenvalue weighted by Crippen LogP contribution is 2.00. The number of aliphatic hydroxyl groups excluding tert-OH is 1. The molecule has 0 heterocycles. The van der Waals surface area contributed by atoms with Gasteiger partial charge in [0.2, 0.25) is 0 Å². The van der Waals surface area contributed by atoms with Gasteiger partial charge in [-0.05, 0) is 32.1 Å². The quantitative estimate of drug-likeness (QED) is 0.302. The smallest absolute Gasteiger partial charge is 0.0721 e. The van der Waals surface area contributed by atoms with Gasteiger partial charge >= 0.3 is 0 Å². The average Bonchev–Trinajstić information content (AvgIpc) is 2.43. The van der Waals surface area contributed by atoms with Crippen molar-refractivity contribution in [2.75, 3.05) is 0 Å². The SMILES string of the molecule is CCCCC/C=C\C/C=C\C/C=C\C=C\C(O)CC. The van der Waals surface area contributed by atoms with E-state index in [4.69, 9.17) is 0 Å². The summed E-state index contributed by atoms with van der Waals surface area (Å²) in [6.07, 6.45) is 24.3. The van der Waals surface area contributed by atoms with Gasteiger partial charge in [0.15, 0.2) is 0 Å². The molecule has 0 radical (unpaired) electrons. The van der Waals surface area contributed by atoms with Crippen LogP contribution in [0.3, 0.4) is 0 Å². The summed E-state index contributed by atoms with van der Waals surface area (Å²) in [5.41, 5.74) is 0. The van der Waals surface area contributed by atoms with Crippen LogP contribution in [0.2, 0.25) is 0 Å². The molecular formula is C18H30O. The Morgan fingerprint density at radius 1 is 0.842 bits per heavy atom. The minimum absolute atomic E-state index is 0.307. The van der Waals surface area contributed by atoms with Crippen molar-refractivity contribution in [2.24, 2.45) is 0 Å². The third-order valence-electron chi connectivity index (χ3n) is 2.85. The number of hydrogen-bond acceptors (Lipinski definition) is 1. The zero-order valence-corrected chi connectivity index (χ0v) is 12.6. The molecule has 1 heteroatoms. The summed E-state index contributed by atoms with van der Waals surface area (Å²) in [6, 6.07) is 0. The fraction of sp³-hybridized carbons (Fsp3) is 0.556. The summed E-state index contributed by atoms with van der Waals surface area (Å²) in [7, 11) is 0. The minimum atomic E-state index is -0.307. The highest BCUT2D eigenvalue weighted by molar-refractivity contribution is 5.07. The summed E-state index contributed by atoms with van der Waals surface area (Å²) in [5, 5.41) is 9.29. The predicted molar refractivity (Wildman–Crippen MR) is 86.2 cm³/mol. The molecule has 0 spiro atoms. The van der Waals surface area contributed by atoms with Gasteiger partial charge in [0.25, 0.3) is 0 Å². The Morgan fingerprint density at radius 3 is 2.21 bits per heavy atom. The van der Waals surface area contributed by atoms with E-state index in [-0.39, 0.29) is 6.10 Å². The maximum absolute atomic E-state index is 9.29. The maximum atomic E-state index is 9.29. The van der Waals surface area contributed by atoms with Crippen molar-refractivity contribution in [2.45, 2.75) is 64.9 Å².